The Labute approximate surface area is 56.5 Å². The van der Waals surface area contributed by atoms with E-state index < -0.39 is 0 Å². The minimum Gasteiger partial charge on any atom is -0.314 e. The van der Waals surface area contributed by atoms with Crippen LogP contribution in [0.5, 0.6) is 0 Å². The summed E-state index contributed by atoms with van der Waals surface area (Å²) in [7, 11) is 0. The zero-order valence-corrected chi connectivity index (χ0v) is 5.64. The van der Waals surface area contributed by atoms with Gasteiger partial charge in [0.25, 0.3) is 0 Å². The Bertz CT molecular complexity index is 84.9. The van der Waals surface area contributed by atoms with Crippen molar-refractivity contribution in [3.05, 3.63) is 19.2 Å². The summed E-state index contributed by atoms with van der Waals surface area (Å²) in [6.07, 6.45) is 1.84. The number of piperazine rings is 1. The lowest BCUT2D eigenvalue weighted by Gasteiger charge is -2.25. The van der Waals surface area contributed by atoms with Crippen molar-refractivity contribution in [3.8, 4) is 0 Å². The molecule has 0 aromatic carbocycles. The van der Waals surface area contributed by atoms with Crippen molar-refractivity contribution in [2.24, 2.45) is 0 Å². The minimum absolute atomic E-state index is 1.10. The van der Waals surface area contributed by atoms with E-state index in [1.807, 2.05) is 12.6 Å². The van der Waals surface area contributed by atoms with Crippen LogP contribution in [0.15, 0.2) is 12.7 Å². The number of nitrogens with one attached hydrogen (secondary N) is 1. The molecule has 0 saturated carbocycles. The number of rotatable bonds is 2. The fourth-order valence-electron chi connectivity index (χ4n) is 0.980. The molecule has 1 fully saturated rings. The van der Waals surface area contributed by atoms with Crippen molar-refractivity contribution < 1.29 is 0 Å². The van der Waals surface area contributed by atoms with Gasteiger partial charge in [-0.05, 0) is 0 Å². The Morgan fingerprint density at radius 3 is 2.56 bits per heavy atom. The van der Waals surface area contributed by atoms with Crippen LogP contribution in [0.4, 0.5) is 0 Å². The molecule has 0 unspecified atom stereocenters. The second-order valence-electron chi connectivity index (χ2n) is 2.17. The van der Waals surface area contributed by atoms with Gasteiger partial charge in [-0.2, -0.15) is 0 Å². The lowest BCUT2D eigenvalue weighted by molar-refractivity contribution is 0.302. The summed E-state index contributed by atoms with van der Waals surface area (Å²) in [5.74, 6) is 0. The molecular weight excluding hydrogens is 113 g/mol. The molecule has 0 bridgehead atoms. The van der Waals surface area contributed by atoms with Crippen molar-refractivity contribution in [3.63, 3.8) is 0 Å². The molecule has 1 radical (unpaired) electrons. The topological polar surface area (TPSA) is 15.3 Å². The predicted octanol–water partition coefficient (Wildman–Crippen LogP) is 0.239. The highest BCUT2D eigenvalue weighted by Crippen LogP contribution is 1.94. The highest BCUT2D eigenvalue weighted by Gasteiger charge is 2.05. The lowest BCUT2D eigenvalue weighted by atomic mass is 10.4. The van der Waals surface area contributed by atoms with Crippen LogP contribution in [0, 0.1) is 6.54 Å². The maximum atomic E-state index is 3.64. The Morgan fingerprint density at radius 1 is 1.33 bits per heavy atom. The van der Waals surface area contributed by atoms with Crippen molar-refractivity contribution in [2.45, 2.75) is 0 Å². The molecule has 0 spiro atoms. The van der Waals surface area contributed by atoms with Crippen LogP contribution in [0.2, 0.25) is 0 Å². The molecule has 0 atom stereocenters. The Balaban J connectivity index is 2.15. The molecule has 1 aliphatic heterocycles. The van der Waals surface area contributed by atoms with E-state index in [1.54, 1.807) is 0 Å². The van der Waals surface area contributed by atoms with Gasteiger partial charge in [-0.1, -0.05) is 6.08 Å². The van der Waals surface area contributed by atoms with E-state index in [2.05, 4.69) is 16.8 Å². The first kappa shape index (κ1) is 6.78. The molecule has 1 aliphatic rings. The van der Waals surface area contributed by atoms with Gasteiger partial charge in [0.2, 0.25) is 0 Å². The van der Waals surface area contributed by atoms with E-state index in [0.29, 0.717) is 0 Å². The molecule has 0 aliphatic carbocycles. The maximum absolute atomic E-state index is 3.64. The largest absolute Gasteiger partial charge is 0.314 e. The Kier molecular flexibility index (Phi) is 2.74. The van der Waals surface area contributed by atoms with Gasteiger partial charge in [0, 0.05) is 32.7 Å². The lowest BCUT2D eigenvalue weighted by Crippen LogP contribution is -2.41. The van der Waals surface area contributed by atoms with Gasteiger partial charge in [-0.25, -0.2) is 0 Å². The van der Waals surface area contributed by atoms with Crippen LogP contribution in [0.3, 0.4) is 0 Å². The highest BCUT2D eigenvalue weighted by molar-refractivity contribution is 4.88. The first-order valence-electron chi connectivity index (χ1n) is 3.34. The molecule has 1 N–H and O–H groups in total. The number of nitrogens with zero attached hydrogens (tertiary/aromatic N) is 1. The molecule has 2 nitrogen and oxygen atoms in total. The zero-order valence-electron chi connectivity index (χ0n) is 5.64. The maximum Gasteiger partial charge on any atom is 0.0468 e. The predicted molar refractivity (Wildman–Crippen MR) is 38.9 cm³/mol. The van der Waals surface area contributed by atoms with Gasteiger partial charge in [0.1, 0.15) is 0 Å². The average Bonchev–Trinajstić information content (AvgIpc) is 1.91. The Hall–Kier alpha value is -0.340. The van der Waals surface area contributed by atoms with E-state index in [-0.39, 0.29) is 0 Å². The molecule has 0 amide bonds. The smallest absolute Gasteiger partial charge is 0.0468 e. The minimum atomic E-state index is 1.10. The number of hydrogen-bond acceptors (Lipinski definition) is 2. The standard InChI is InChI=1S/C7H13N2/c1-2-5-9-6-3-8-4-7-9/h2,5,8H,1,3-4,6-7H2/i6+1. The monoisotopic (exact) mass is 126 g/mol. The molecule has 2 heteroatoms. The third-order valence-corrected chi connectivity index (χ3v) is 1.47. The molecule has 0 aromatic rings. The van der Waals surface area contributed by atoms with Crippen LogP contribution in [-0.2, 0) is 0 Å². The number of hydrogen-bond donors (Lipinski definition) is 1. The second kappa shape index (κ2) is 3.64. The normalized spacial score (nSPS) is 21.8. The summed E-state index contributed by atoms with van der Waals surface area (Å²) in [5.41, 5.74) is 0. The molecular formula is C7H13N2. The second-order valence-corrected chi connectivity index (χ2v) is 2.17. The van der Waals surface area contributed by atoms with Crippen LogP contribution >= 0.6 is 0 Å². The molecule has 1 heterocycles. The first-order chi connectivity index (χ1) is 4.43. The zero-order chi connectivity index (χ0) is 6.53. The molecule has 51 valence electrons. The van der Waals surface area contributed by atoms with E-state index >= 15 is 0 Å². The quantitative estimate of drug-likeness (QED) is 0.533. The SMILES string of the molecule is C=C[CH]N1CCNC[13CH2]1. The van der Waals surface area contributed by atoms with E-state index in [9.17, 15) is 0 Å². The molecule has 1 rings (SSSR count). The van der Waals surface area contributed by atoms with Gasteiger partial charge >= 0.3 is 0 Å². The Morgan fingerprint density at radius 2 is 2.00 bits per heavy atom. The third-order valence-electron chi connectivity index (χ3n) is 1.47. The van der Waals surface area contributed by atoms with Gasteiger partial charge in [-0.3, -0.25) is 4.90 Å². The fraction of sp³-hybridized carbons (Fsp3) is 0.571. The summed E-state index contributed by atoms with van der Waals surface area (Å²) in [4.78, 5) is 2.27. The van der Waals surface area contributed by atoms with E-state index in [0.717, 1.165) is 26.2 Å². The first-order valence-corrected chi connectivity index (χ1v) is 3.34. The summed E-state index contributed by atoms with van der Waals surface area (Å²) >= 11 is 0. The van der Waals surface area contributed by atoms with Crippen molar-refractivity contribution in [2.75, 3.05) is 26.2 Å². The average molecular weight is 126 g/mol. The summed E-state index contributed by atoms with van der Waals surface area (Å²) in [6, 6.07) is 0. The van der Waals surface area contributed by atoms with Crippen LogP contribution in [0.25, 0.3) is 0 Å². The molecule has 1 saturated heterocycles. The molecule has 9 heavy (non-hydrogen) atoms. The summed E-state index contributed by atoms with van der Waals surface area (Å²) in [5, 5.41) is 3.28. The fourth-order valence-corrected chi connectivity index (χ4v) is 0.980. The van der Waals surface area contributed by atoms with Crippen LogP contribution < -0.4 is 5.32 Å². The third kappa shape index (κ3) is 2.16. The van der Waals surface area contributed by atoms with Crippen molar-refractivity contribution in [1.29, 1.82) is 0 Å². The summed E-state index contributed by atoms with van der Waals surface area (Å²) < 4.78 is 0. The van der Waals surface area contributed by atoms with Crippen LogP contribution in [-0.4, -0.2) is 31.1 Å². The van der Waals surface area contributed by atoms with Crippen molar-refractivity contribution >= 4 is 0 Å². The van der Waals surface area contributed by atoms with E-state index in [4.69, 9.17) is 0 Å². The summed E-state index contributed by atoms with van der Waals surface area (Å²) in [6.45, 7) is 10.1. The van der Waals surface area contributed by atoms with Gasteiger partial charge in [0.05, 0.1) is 0 Å². The van der Waals surface area contributed by atoms with Crippen molar-refractivity contribution in [1.82, 2.24) is 10.2 Å². The molecule has 0 aromatic heterocycles. The van der Waals surface area contributed by atoms with E-state index in [1.165, 1.54) is 0 Å². The van der Waals surface area contributed by atoms with Gasteiger partial charge in [0.15, 0.2) is 0 Å². The van der Waals surface area contributed by atoms with Gasteiger partial charge in [-0.15, -0.1) is 6.58 Å². The van der Waals surface area contributed by atoms with Gasteiger partial charge < -0.3 is 5.32 Å². The highest BCUT2D eigenvalue weighted by atomic mass is 15.3. The van der Waals surface area contributed by atoms with Crippen LogP contribution in [0.1, 0.15) is 0 Å².